The van der Waals surface area contributed by atoms with Crippen LogP contribution in [0, 0.1) is 0 Å². The molecule has 0 spiro atoms. The molecule has 2 amide bonds. The second kappa shape index (κ2) is 3.46. The predicted molar refractivity (Wildman–Crippen MR) is 49.1 cm³/mol. The Morgan fingerprint density at radius 3 is 2.15 bits per heavy atom. The fraction of sp³-hybridized carbons (Fsp3) is 0.778. The fourth-order valence-electron chi connectivity index (χ4n) is 1.29. The number of piperazine rings is 1. The molecular formula is C9H16N2O2. The van der Waals surface area contributed by atoms with Crippen molar-refractivity contribution in [2.75, 3.05) is 13.1 Å². The first-order chi connectivity index (χ1) is 5.95. The van der Waals surface area contributed by atoms with Crippen LogP contribution in [0.5, 0.6) is 0 Å². The monoisotopic (exact) mass is 184 g/mol. The molecule has 1 fully saturated rings. The van der Waals surface area contributed by atoms with Gasteiger partial charge < -0.3 is 0 Å². The average Bonchev–Trinajstić information content (AvgIpc) is 2.02. The summed E-state index contributed by atoms with van der Waals surface area (Å²) in [4.78, 5) is 24.1. The molecule has 0 atom stereocenters. The van der Waals surface area contributed by atoms with Crippen molar-refractivity contribution in [1.82, 2.24) is 10.2 Å². The van der Waals surface area contributed by atoms with Crippen LogP contribution >= 0.6 is 0 Å². The summed E-state index contributed by atoms with van der Waals surface area (Å²) in [6, 6.07) is 0. The molecule has 0 bridgehead atoms. The lowest BCUT2D eigenvalue weighted by atomic mass is 9.98. The molecule has 0 saturated carbocycles. The first-order valence-electron chi connectivity index (χ1n) is 4.53. The van der Waals surface area contributed by atoms with Crippen molar-refractivity contribution < 1.29 is 9.59 Å². The van der Waals surface area contributed by atoms with Gasteiger partial charge in [0.2, 0.25) is 11.8 Å². The van der Waals surface area contributed by atoms with Crippen molar-refractivity contribution in [3.8, 4) is 0 Å². The van der Waals surface area contributed by atoms with E-state index in [1.54, 1.807) is 0 Å². The average molecular weight is 184 g/mol. The summed E-state index contributed by atoms with van der Waals surface area (Å²) < 4.78 is 0. The molecule has 4 nitrogen and oxygen atoms in total. The molecule has 0 aliphatic carbocycles. The number of nitrogens with zero attached hydrogens (tertiary/aromatic N) is 1. The maximum absolute atomic E-state index is 11.1. The van der Waals surface area contributed by atoms with Crippen molar-refractivity contribution >= 4 is 11.8 Å². The highest BCUT2D eigenvalue weighted by atomic mass is 16.2. The van der Waals surface area contributed by atoms with Crippen molar-refractivity contribution in [3.63, 3.8) is 0 Å². The van der Waals surface area contributed by atoms with Gasteiger partial charge in [-0.3, -0.25) is 19.8 Å². The summed E-state index contributed by atoms with van der Waals surface area (Å²) in [5, 5.41) is 2.29. The number of carbonyl (C=O) groups is 2. The van der Waals surface area contributed by atoms with Crippen LogP contribution in [0.4, 0.5) is 0 Å². The summed E-state index contributed by atoms with van der Waals surface area (Å²) in [5.74, 6) is -0.393. The van der Waals surface area contributed by atoms with Crippen LogP contribution in [0.15, 0.2) is 0 Å². The Balaban J connectivity index is 2.70. The molecule has 1 rings (SSSR count). The second-order valence-electron chi connectivity index (χ2n) is 3.99. The zero-order valence-corrected chi connectivity index (χ0v) is 8.39. The van der Waals surface area contributed by atoms with Crippen LogP contribution in [0.3, 0.4) is 0 Å². The molecule has 0 aromatic rings. The van der Waals surface area contributed by atoms with Crippen LogP contribution in [0.2, 0.25) is 0 Å². The van der Waals surface area contributed by atoms with Crippen LogP contribution in [0.25, 0.3) is 0 Å². The van der Waals surface area contributed by atoms with Crippen LogP contribution < -0.4 is 5.32 Å². The zero-order valence-electron chi connectivity index (χ0n) is 8.39. The van der Waals surface area contributed by atoms with E-state index < -0.39 is 0 Å². The molecule has 0 aromatic heterocycles. The largest absolute Gasteiger partial charge is 0.294 e. The van der Waals surface area contributed by atoms with Gasteiger partial charge in [-0.05, 0) is 20.3 Å². The smallest absolute Gasteiger partial charge is 0.240 e. The molecule has 13 heavy (non-hydrogen) atoms. The minimum Gasteiger partial charge on any atom is -0.294 e. The summed E-state index contributed by atoms with van der Waals surface area (Å²) in [6.45, 7) is 6.79. The highest BCUT2D eigenvalue weighted by Crippen LogP contribution is 2.18. The van der Waals surface area contributed by atoms with Gasteiger partial charge >= 0.3 is 0 Å². The Bertz CT molecular complexity index is 220. The van der Waals surface area contributed by atoms with Gasteiger partial charge in [0.05, 0.1) is 13.1 Å². The summed E-state index contributed by atoms with van der Waals surface area (Å²) >= 11 is 0. The van der Waals surface area contributed by atoms with E-state index in [1.807, 2.05) is 18.7 Å². The molecule has 1 aliphatic heterocycles. The lowest BCUT2D eigenvalue weighted by Crippen LogP contribution is -2.58. The van der Waals surface area contributed by atoms with E-state index in [0.29, 0.717) is 13.1 Å². The number of rotatable bonds is 2. The molecule has 1 aliphatic rings. The maximum atomic E-state index is 11.1. The SMILES string of the molecule is CCC(C)(C)N1CC(=O)NC(=O)C1. The summed E-state index contributed by atoms with van der Waals surface area (Å²) in [6.07, 6.45) is 0.924. The Labute approximate surface area is 78.3 Å². The van der Waals surface area contributed by atoms with Gasteiger partial charge in [-0.15, -0.1) is 0 Å². The van der Waals surface area contributed by atoms with Gasteiger partial charge in [0.25, 0.3) is 0 Å². The Kier molecular flexibility index (Phi) is 2.71. The normalized spacial score (nSPS) is 20.2. The van der Waals surface area contributed by atoms with Gasteiger partial charge in [-0.1, -0.05) is 6.92 Å². The second-order valence-corrected chi connectivity index (χ2v) is 3.99. The third-order valence-corrected chi connectivity index (χ3v) is 2.67. The van der Waals surface area contributed by atoms with E-state index in [2.05, 4.69) is 12.2 Å². The van der Waals surface area contributed by atoms with E-state index in [4.69, 9.17) is 0 Å². The third-order valence-electron chi connectivity index (χ3n) is 2.67. The number of hydrogen-bond donors (Lipinski definition) is 1. The minimum absolute atomic E-state index is 0.0760. The molecule has 74 valence electrons. The molecule has 0 unspecified atom stereocenters. The summed E-state index contributed by atoms with van der Waals surface area (Å²) in [7, 11) is 0. The van der Waals surface area contributed by atoms with Crippen LogP contribution in [0.1, 0.15) is 27.2 Å². The molecule has 1 saturated heterocycles. The van der Waals surface area contributed by atoms with Crippen molar-refractivity contribution in [3.05, 3.63) is 0 Å². The quantitative estimate of drug-likeness (QED) is 0.621. The number of hydrogen-bond acceptors (Lipinski definition) is 3. The fourth-order valence-corrected chi connectivity index (χ4v) is 1.29. The number of carbonyl (C=O) groups excluding carboxylic acids is 2. The number of amides is 2. The van der Waals surface area contributed by atoms with Crippen LogP contribution in [-0.2, 0) is 9.59 Å². The highest BCUT2D eigenvalue weighted by molar-refractivity contribution is 5.99. The maximum Gasteiger partial charge on any atom is 0.240 e. The number of imide groups is 1. The standard InChI is InChI=1S/C9H16N2O2/c1-4-9(2,3)11-5-7(12)10-8(13)6-11/h4-6H2,1-3H3,(H,10,12,13). The zero-order chi connectivity index (χ0) is 10.1. The number of nitrogens with one attached hydrogen (secondary N) is 1. The minimum atomic E-state index is -0.197. The van der Waals surface area contributed by atoms with E-state index in [1.165, 1.54) is 0 Å². The van der Waals surface area contributed by atoms with Gasteiger partial charge in [-0.25, -0.2) is 0 Å². The molecule has 1 N–H and O–H groups in total. The predicted octanol–water partition coefficient (Wildman–Crippen LogP) is 0.133. The van der Waals surface area contributed by atoms with E-state index in [9.17, 15) is 9.59 Å². The van der Waals surface area contributed by atoms with Gasteiger partial charge in [-0.2, -0.15) is 0 Å². The molecule has 1 heterocycles. The van der Waals surface area contributed by atoms with Crippen molar-refractivity contribution in [2.45, 2.75) is 32.7 Å². The Hall–Kier alpha value is -0.900. The molecule has 0 aromatic carbocycles. The molecule has 4 heteroatoms. The molecule has 0 radical (unpaired) electrons. The van der Waals surface area contributed by atoms with Crippen LogP contribution in [-0.4, -0.2) is 35.3 Å². The van der Waals surface area contributed by atoms with Crippen molar-refractivity contribution in [1.29, 1.82) is 0 Å². The van der Waals surface area contributed by atoms with E-state index in [-0.39, 0.29) is 17.4 Å². The lowest BCUT2D eigenvalue weighted by molar-refractivity contribution is -0.138. The topological polar surface area (TPSA) is 49.4 Å². The van der Waals surface area contributed by atoms with Gasteiger partial charge in [0.1, 0.15) is 0 Å². The highest BCUT2D eigenvalue weighted by Gasteiger charge is 2.32. The Morgan fingerprint density at radius 1 is 1.31 bits per heavy atom. The third kappa shape index (κ3) is 2.28. The van der Waals surface area contributed by atoms with E-state index in [0.717, 1.165) is 6.42 Å². The Morgan fingerprint density at radius 2 is 1.77 bits per heavy atom. The lowest BCUT2D eigenvalue weighted by Gasteiger charge is -2.38. The van der Waals surface area contributed by atoms with Gasteiger partial charge in [0, 0.05) is 5.54 Å². The summed E-state index contributed by atoms with van der Waals surface area (Å²) in [5.41, 5.74) is -0.0760. The van der Waals surface area contributed by atoms with Crippen molar-refractivity contribution in [2.24, 2.45) is 0 Å². The first-order valence-corrected chi connectivity index (χ1v) is 4.53. The van der Waals surface area contributed by atoms with E-state index >= 15 is 0 Å². The molecular weight excluding hydrogens is 168 g/mol. The van der Waals surface area contributed by atoms with Gasteiger partial charge in [0.15, 0.2) is 0 Å². The first kappa shape index (κ1) is 10.2.